The van der Waals surface area contributed by atoms with Crippen LogP contribution in [0.3, 0.4) is 0 Å². The zero-order valence-electron chi connectivity index (χ0n) is 15.3. The van der Waals surface area contributed by atoms with Crippen molar-refractivity contribution in [2.45, 2.75) is 25.7 Å². The molecule has 2 aliphatic heterocycles. The number of nitrogens with one attached hydrogen (secondary N) is 2. The topological polar surface area (TPSA) is 44.4 Å². The van der Waals surface area contributed by atoms with Crippen molar-refractivity contribution >= 4 is 22.9 Å². The number of fused-ring (bicyclic) bond motifs is 1. The maximum Gasteiger partial charge on any atom is 0.257 e. The Bertz CT molecular complexity index is 854. The minimum Gasteiger partial charge on any atom is -0.361 e. The number of hydrogen-bond acceptors (Lipinski definition) is 3. The maximum absolute atomic E-state index is 13.5. The van der Waals surface area contributed by atoms with Crippen LogP contribution in [0.2, 0.25) is 0 Å². The molecule has 0 unspecified atom stereocenters. The third-order valence-corrected chi connectivity index (χ3v) is 5.27. The summed E-state index contributed by atoms with van der Waals surface area (Å²) in [5, 5.41) is 5.90. The van der Waals surface area contributed by atoms with Gasteiger partial charge in [0.05, 0.1) is 5.57 Å². The molecule has 2 N–H and O–H groups in total. The van der Waals surface area contributed by atoms with E-state index in [-0.39, 0.29) is 11.7 Å². The van der Waals surface area contributed by atoms with Gasteiger partial charge in [0, 0.05) is 29.7 Å². The van der Waals surface area contributed by atoms with E-state index in [2.05, 4.69) is 27.7 Å². The first-order valence-electron chi connectivity index (χ1n) is 9.58. The summed E-state index contributed by atoms with van der Waals surface area (Å²) in [5.74, 6) is -0.574. The molecule has 0 aromatic heterocycles. The molecule has 1 saturated heterocycles. The van der Waals surface area contributed by atoms with Gasteiger partial charge >= 0.3 is 0 Å². The van der Waals surface area contributed by atoms with Crippen molar-refractivity contribution < 1.29 is 9.18 Å². The van der Waals surface area contributed by atoms with Gasteiger partial charge in [-0.2, -0.15) is 0 Å². The van der Waals surface area contributed by atoms with E-state index >= 15 is 0 Å². The van der Waals surface area contributed by atoms with Gasteiger partial charge in [-0.1, -0.05) is 18.6 Å². The van der Waals surface area contributed by atoms with Crippen molar-refractivity contribution in [3.63, 3.8) is 0 Å². The zero-order chi connectivity index (χ0) is 18.6. The molecule has 2 aromatic rings. The number of rotatable bonds is 5. The molecule has 5 heteroatoms. The van der Waals surface area contributed by atoms with Gasteiger partial charge in [0.1, 0.15) is 5.82 Å². The van der Waals surface area contributed by atoms with E-state index in [0.29, 0.717) is 16.8 Å². The number of carbonyl (C=O) groups is 1. The Labute approximate surface area is 159 Å². The Kier molecular flexibility index (Phi) is 5.21. The summed E-state index contributed by atoms with van der Waals surface area (Å²) in [6, 6.07) is 12.6. The van der Waals surface area contributed by atoms with Crippen LogP contribution in [0.15, 0.2) is 48.7 Å². The Morgan fingerprint density at radius 2 is 1.85 bits per heavy atom. The molecule has 140 valence electrons. The van der Waals surface area contributed by atoms with Gasteiger partial charge in [0.25, 0.3) is 5.91 Å². The molecule has 0 spiro atoms. The number of amides is 1. The summed E-state index contributed by atoms with van der Waals surface area (Å²) in [5.41, 5.74) is 3.89. The third-order valence-electron chi connectivity index (χ3n) is 5.27. The molecule has 1 fully saturated rings. The van der Waals surface area contributed by atoms with Gasteiger partial charge in [-0.3, -0.25) is 4.79 Å². The average molecular weight is 365 g/mol. The minimum atomic E-state index is -0.353. The van der Waals surface area contributed by atoms with Gasteiger partial charge < -0.3 is 15.5 Å². The first-order chi connectivity index (χ1) is 13.2. The highest BCUT2D eigenvalue weighted by Crippen LogP contribution is 2.32. The second-order valence-electron chi connectivity index (χ2n) is 7.20. The lowest BCUT2D eigenvalue weighted by molar-refractivity contribution is -0.110. The summed E-state index contributed by atoms with van der Waals surface area (Å²) in [6.07, 6.45) is 6.69. The van der Waals surface area contributed by atoms with Crippen LogP contribution in [0.4, 0.5) is 15.8 Å². The van der Waals surface area contributed by atoms with Crippen LogP contribution in [-0.4, -0.2) is 30.4 Å². The molecule has 0 aliphatic carbocycles. The van der Waals surface area contributed by atoms with Gasteiger partial charge in [-0.05, 0) is 68.2 Å². The summed E-state index contributed by atoms with van der Waals surface area (Å²) in [6.45, 7) is 3.55. The van der Waals surface area contributed by atoms with Crippen molar-refractivity contribution in [1.82, 2.24) is 4.90 Å². The Morgan fingerprint density at radius 3 is 2.63 bits per heavy atom. The van der Waals surface area contributed by atoms with Crippen LogP contribution in [0.25, 0.3) is 5.57 Å². The molecule has 2 heterocycles. The van der Waals surface area contributed by atoms with Crippen LogP contribution < -0.4 is 10.6 Å². The lowest BCUT2D eigenvalue weighted by Crippen LogP contribution is -2.31. The average Bonchev–Trinajstić information content (AvgIpc) is 3.01. The van der Waals surface area contributed by atoms with Gasteiger partial charge in [-0.25, -0.2) is 4.39 Å². The van der Waals surface area contributed by atoms with Crippen LogP contribution in [-0.2, 0) is 11.2 Å². The predicted molar refractivity (Wildman–Crippen MR) is 107 cm³/mol. The fourth-order valence-electron chi connectivity index (χ4n) is 3.70. The van der Waals surface area contributed by atoms with E-state index < -0.39 is 0 Å². The van der Waals surface area contributed by atoms with Gasteiger partial charge in [0.15, 0.2) is 0 Å². The van der Waals surface area contributed by atoms with Crippen LogP contribution in [0.5, 0.6) is 0 Å². The highest BCUT2D eigenvalue weighted by Gasteiger charge is 2.24. The molecular formula is C22H24FN3O. The van der Waals surface area contributed by atoms with Crippen LogP contribution >= 0.6 is 0 Å². The SMILES string of the molecule is O=C1Nc2ccc(F)cc2/C1=C/Nc1ccc(CCN2CCCCC2)cc1. The fourth-order valence-corrected chi connectivity index (χ4v) is 3.70. The maximum atomic E-state index is 13.5. The molecule has 0 saturated carbocycles. The number of benzene rings is 2. The summed E-state index contributed by atoms with van der Waals surface area (Å²) >= 11 is 0. The van der Waals surface area contributed by atoms with E-state index in [4.69, 9.17) is 0 Å². The van der Waals surface area contributed by atoms with Crippen molar-refractivity contribution in [2.24, 2.45) is 0 Å². The Balaban J connectivity index is 1.38. The normalized spacial score (nSPS) is 18.4. The van der Waals surface area contributed by atoms with Gasteiger partial charge in [-0.15, -0.1) is 0 Å². The molecule has 4 nitrogen and oxygen atoms in total. The molecule has 27 heavy (non-hydrogen) atoms. The Hall–Kier alpha value is -2.66. The van der Waals surface area contributed by atoms with Gasteiger partial charge in [0.2, 0.25) is 0 Å². The fraction of sp³-hybridized carbons (Fsp3) is 0.318. The number of hydrogen-bond donors (Lipinski definition) is 2. The van der Waals surface area contributed by atoms with Crippen molar-refractivity contribution in [3.05, 3.63) is 65.6 Å². The summed E-state index contributed by atoms with van der Waals surface area (Å²) < 4.78 is 13.5. The third kappa shape index (κ3) is 4.19. The molecule has 4 rings (SSSR count). The van der Waals surface area contributed by atoms with E-state index in [1.807, 2.05) is 12.1 Å². The highest BCUT2D eigenvalue weighted by molar-refractivity contribution is 6.31. The number of halogens is 1. The number of likely N-dealkylation sites (tertiary alicyclic amines) is 1. The first-order valence-corrected chi connectivity index (χ1v) is 9.58. The molecular weight excluding hydrogens is 341 g/mol. The highest BCUT2D eigenvalue weighted by atomic mass is 19.1. The van der Waals surface area contributed by atoms with Crippen LogP contribution in [0.1, 0.15) is 30.4 Å². The summed E-state index contributed by atoms with van der Waals surface area (Å²) in [7, 11) is 0. The second-order valence-corrected chi connectivity index (χ2v) is 7.20. The standard InChI is InChI=1S/C22H24FN3O/c23-17-6-9-21-19(14-17)20(22(27)25-21)15-24-18-7-4-16(5-8-18)10-13-26-11-2-1-3-12-26/h4-9,14-15,24H,1-3,10-13H2,(H,25,27)/b20-15-. The zero-order valence-corrected chi connectivity index (χ0v) is 15.3. The first kappa shape index (κ1) is 17.7. The largest absolute Gasteiger partial charge is 0.361 e. The molecule has 1 amide bonds. The quantitative estimate of drug-likeness (QED) is 0.778. The monoisotopic (exact) mass is 365 g/mol. The summed E-state index contributed by atoms with van der Waals surface area (Å²) in [4.78, 5) is 14.6. The van der Waals surface area contributed by atoms with E-state index in [9.17, 15) is 9.18 Å². The molecule has 2 aromatic carbocycles. The second kappa shape index (κ2) is 7.92. The van der Waals surface area contributed by atoms with E-state index in [0.717, 1.165) is 18.7 Å². The lowest BCUT2D eigenvalue weighted by atomic mass is 10.1. The van der Waals surface area contributed by atoms with E-state index in [1.165, 1.54) is 50.0 Å². The Morgan fingerprint density at radius 1 is 1.07 bits per heavy atom. The molecule has 2 aliphatic rings. The number of nitrogens with zero attached hydrogens (tertiary/aromatic N) is 1. The number of anilines is 2. The number of carbonyl (C=O) groups excluding carboxylic acids is 1. The van der Waals surface area contributed by atoms with Crippen LogP contribution in [0, 0.1) is 5.82 Å². The molecule has 0 atom stereocenters. The predicted octanol–water partition coefficient (Wildman–Crippen LogP) is 4.26. The molecule has 0 bridgehead atoms. The van der Waals surface area contributed by atoms with Crippen molar-refractivity contribution in [2.75, 3.05) is 30.3 Å². The van der Waals surface area contributed by atoms with Crippen molar-refractivity contribution in [3.8, 4) is 0 Å². The minimum absolute atomic E-state index is 0.221. The lowest BCUT2D eigenvalue weighted by Gasteiger charge is -2.26. The smallest absolute Gasteiger partial charge is 0.257 e. The van der Waals surface area contributed by atoms with E-state index in [1.54, 1.807) is 12.3 Å². The van der Waals surface area contributed by atoms with Crippen molar-refractivity contribution in [1.29, 1.82) is 0 Å². The molecule has 0 radical (unpaired) electrons. The number of piperidine rings is 1.